The van der Waals surface area contributed by atoms with E-state index < -0.39 is 5.82 Å². The van der Waals surface area contributed by atoms with E-state index in [1.165, 1.54) is 37.1 Å². The van der Waals surface area contributed by atoms with E-state index in [0.29, 0.717) is 10.2 Å². The monoisotopic (exact) mass is 377 g/mol. The molecule has 0 aliphatic rings. The van der Waals surface area contributed by atoms with Crippen LogP contribution in [0.2, 0.25) is 5.02 Å². The number of aromatic nitrogens is 3. The smallest absolute Gasteiger partial charge is 0.196 e. The number of halogens is 2. The van der Waals surface area contributed by atoms with E-state index in [9.17, 15) is 9.18 Å². The van der Waals surface area contributed by atoms with Gasteiger partial charge in [0.25, 0.3) is 0 Å². The van der Waals surface area contributed by atoms with Crippen molar-refractivity contribution in [3.05, 3.63) is 65.2 Å². The number of hydrogen-bond acceptors (Lipinski definition) is 5. The minimum absolute atomic E-state index is 0.102. The molecule has 0 fully saturated rings. The first-order chi connectivity index (χ1) is 12.1. The zero-order chi connectivity index (χ0) is 17.8. The molecule has 0 aliphatic heterocycles. The van der Waals surface area contributed by atoms with Gasteiger partial charge in [0, 0.05) is 10.6 Å². The lowest BCUT2D eigenvalue weighted by molar-refractivity contribution is 0.102. The highest BCUT2D eigenvalue weighted by molar-refractivity contribution is 7.99. The van der Waals surface area contributed by atoms with Gasteiger partial charge in [0.05, 0.1) is 18.6 Å². The van der Waals surface area contributed by atoms with Crippen molar-refractivity contribution in [1.82, 2.24) is 14.8 Å². The lowest BCUT2D eigenvalue weighted by Gasteiger charge is -2.07. The summed E-state index contributed by atoms with van der Waals surface area (Å²) in [6.07, 6.45) is 1.55. The highest BCUT2D eigenvalue weighted by atomic mass is 35.5. The fourth-order valence-electron chi connectivity index (χ4n) is 2.18. The zero-order valence-electron chi connectivity index (χ0n) is 13.1. The minimum atomic E-state index is -0.569. The summed E-state index contributed by atoms with van der Waals surface area (Å²) in [7, 11) is 1.37. The maximum atomic E-state index is 13.7. The Morgan fingerprint density at radius 3 is 2.88 bits per heavy atom. The molecular formula is C17H13ClFN3O2S. The van der Waals surface area contributed by atoms with Gasteiger partial charge in [0.15, 0.2) is 22.5 Å². The van der Waals surface area contributed by atoms with Crippen molar-refractivity contribution >= 4 is 29.1 Å². The maximum Gasteiger partial charge on any atom is 0.196 e. The van der Waals surface area contributed by atoms with E-state index in [0.717, 1.165) is 5.69 Å². The topological polar surface area (TPSA) is 57.0 Å². The molecule has 0 amide bonds. The van der Waals surface area contributed by atoms with Crippen LogP contribution in [0.5, 0.6) is 5.75 Å². The first kappa shape index (κ1) is 17.4. The van der Waals surface area contributed by atoms with Gasteiger partial charge in [0.2, 0.25) is 0 Å². The number of Topliss-reactive ketones (excluding diaryl/α,β-unsaturated/α-hetero) is 1. The van der Waals surface area contributed by atoms with Crippen LogP contribution >= 0.6 is 23.4 Å². The molecule has 0 N–H and O–H groups in total. The van der Waals surface area contributed by atoms with Gasteiger partial charge >= 0.3 is 0 Å². The number of carbonyl (C=O) groups is 1. The first-order valence-electron chi connectivity index (χ1n) is 7.24. The minimum Gasteiger partial charge on any atom is -0.494 e. The number of rotatable bonds is 6. The van der Waals surface area contributed by atoms with Crippen molar-refractivity contribution in [2.75, 3.05) is 12.9 Å². The molecule has 3 rings (SSSR count). The lowest BCUT2D eigenvalue weighted by Crippen LogP contribution is -2.05. The van der Waals surface area contributed by atoms with E-state index in [1.54, 1.807) is 23.0 Å². The fraction of sp³-hybridized carbons (Fsp3) is 0.118. The average molecular weight is 378 g/mol. The quantitative estimate of drug-likeness (QED) is 0.479. The van der Waals surface area contributed by atoms with Gasteiger partial charge < -0.3 is 4.74 Å². The number of ether oxygens (including phenoxy) is 1. The Hall–Kier alpha value is -2.38. The Morgan fingerprint density at radius 1 is 1.32 bits per heavy atom. The van der Waals surface area contributed by atoms with E-state index in [4.69, 9.17) is 16.3 Å². The van der Waals surface area contributed by atoms with E-state index >= 15 is 0 Å². The van der Waals surface area contributed by atoms with Crippen LogP contribution in [0.1, 0.15) is 10.4 Å². The van der Waals surface area contributed by atoms with Crippen LogP contribution < -0.4 is 4.74 Å². The molecule has 0 bridgehead atoms. The number of ketones is 1. The standard InChI is InChI=1S/C17H13ClFN3O2S/c1-24-16-6-5-11(7-14(16)19)15(23)9-25-17-21-20-10-22(17)13-4-2-3-12(18)8-13/h2-8,10H,9H2,1H3. The number of methoxy groups -OCH3 is 1. The maximum absolute atomic E-state index is 13.7. The van der Waals surface area contributed by atoms with Gasteiger partial charge in [-0.15, -0.1) is 10.2 Å². The van der Waals surface area contributed by atoms with Crippen LogP contribution in [0.3, 0.4) is 0 Å². The van der Waals surface area contributed by atoms with Gasteiger partial charge in [0.1, 0.15) is 6.33 Å². The largest absolute Gasteiger partial charge is 0.494 e. The molecule has 0 spiro atoms. The number of thioether (sulfide) groups is 1. The SMILES string of the molecule is COc1ccc(C(=O)CSc2nncn2-c2cccc(Cl)c2)cc1F. The Balaban J connectivity index is 1.73. The average Bonchev–Trinajstić information content (AvgIpc) is 3.08. The molecule has 5 nitrogen and oxygen atoms in total. The second-order valence-corrected chi connectivity index (χ2v) is 6.40. The van der Waals surface area contributed by atoms with Crippen molar-refractivity contribution in [2.45, 2.75) is 5.16 Å². The molecule has 0 unspecified atom stereocenters. The predicted octanol–water partition coefficient (Wildman–Crippen LogP) is 4.04. The third-order valence-corrected chi connectivity index (χ3v) is 4.59. The molecule has 0 saturated carbocycles. The second-order valence-electron chi connectivity index (χ2n) is 5.02. The Morgan fingerprint density at radius 2 is 2.16 bits per heavy atom. The molecule has 2 aromatic carbocycles. The molecule has 0 atom stereocenters. The summed E-state index contributed by atoms with van der Waals surface area (Å²) in [5.41, 5.74) is 1.07. The highest BCUT2D eigenvalue weighted by Crippen LogP contribution is 2.23. The number of carbonyl (C=O) groups excluding carboxylic acids is 1. The summed E-state index contributed by atoms with van der Waals surface area (Å²) in [6, 6.07) is 11.4. The van der Waals surface area contributed by atoms with Gasteiger partial charge in [-0.2, -0.15) is 0 Å². The summed E-state index contributed by atoms with van der Waals surface area (Å²) in [4.78, 5) is 12.3. The summed E-state index contributed by atoms with van der Waals surface area (Å²) < 4.78 is 20.3. The van der Waals surface area contributed by atoms with Crippen LogP contribution in [0, 0.1) is 5.82 Å². The van der Waals surface area contributed by atoms with Crippen molar-refractivity contribution in [2.24, 2.45) is 0 Å². The Bertz CT molecular complexity index is 916. The summed E-state index contributed by atoms with van der Waals surface area (Å²) >= 11 is 7.22. The molecule has 0 aliphatic carbocycles. The van der Waals surface area contributed by atoms with E-state index in [1.807, 2.05) is 12.1 Å². The van der Waals surface area contributed by atoms with Gasteiger partial charge in [-0.3, -0.25) is 9.36 Å². The van der Waals surface area contributed by atoms with Crippen LogP contribution in [-0.4, -0.2) is 33.4 Å². The van der Waals surface area contributed by atoms with Gasteiger partial charge in [-0.1, -0.05) is 29.4 Å². The second kappa shape index (κ2) is 7.67. The third kappa shape index (κ3) is 4.00. The molecule has 25 heavy (non-hydrogen) atoms. The van der Waals surface area contributed by atoms with Crippen LogP contribution in [0.25, 0.3) is 5.69 Å². The lowest BCUT2D eigenvalue weighted by atomic mass is 10.1. The van der Waals surface area contributed by atoms with E-state index in [2.05, 4.69) is 10.2 Å². The molecule has 0 saturated heterocycles. The van der Waals surface area contributed by atoms with E-state index in [-0.39, 0.29) is 22.8 Å². The van der Waals surface area contributed by atoms with Crippen LogP contribution in [0.4, 0.5) is 4.39 Å². The van der Waals surface area contributed by atoms with Gasteiger partial charge in [-0.05, 0) is 36.4 Å². The summed E-state index contributed by atoms with van der Waals surface area (Å²) in [5, 5.41) is 9.03. The third-order valence-electron chi connectivity index (χ3n) is 3.41. The molecule has 1 aromatic heterocycles. The van der Waals surface area contributed by atoms with Crippen molar-refractivity contribution in [3.8, 4) is 11.4 Å². The van der Waals surface area contributed by atoms with Crippen LogP contribution in [-0.2, 0) is 0 Å². The van der Waals surface area contributed by atoms with Gasteiger partial charge in [-0.25, -0.2) is 4.39 Å². The number of benzene rings is 2. The zero-order valence-corrected chi connectivity index (χ0v) is 14.7. The van der Waals surface area contributed by atoms with Crippen molar-refractivity contribution in [3.63, 3.8) is 0 Å². The Labute approximate surface area is 152 Å². The molecule has 1 heterocycles. The fourth-order valence-corrected chi connectivity index (χ4v) is 3.19. The number of nitrogens with zero attached hydrogens (tertiary/aromatic N) is 3. The van der Waals surface area contributed by atoms with Crippen LogP contribution in [0.15, 0.2) is 53.9 Å². The molecule has 0 radical (unpaired) electrons. The summed E-state index contributed by atoms with van der Waals surface area (Å²) in [5.74, 6) is -0.581. The molecular weight excluding hydrogens is 365 g/mol. The Kier molecular flexibility index (Phi) is 5.35. The molecule has 8 heteroatoms. The predicted molar refractivity (Wildman–Crippen MR) is 94.4 cm³/mol. The van der Waals surface area contributed by atoms with Crippen molar-refractivity contribution < 1.29 is 13.9 Å². The molecule has 3 aromatic rings. The highest BCUT2D eigenvalue weighted by Gasteiger charge is 2.14. The summed E-state index contributed by atoms with van der Waals surface area (Å²) in [6.45, 7) is 0. The normalized spacial score (nSPS) is 10.7. The molecule has 128 valence electrons. The van der Waals surface area contributed by atoms with Crippen molar-refractivity contribution in [1.29, 1.82) is 0 Å². The first-order valence-corrected chi connectivity index (χ1v) is 8.60. The number of hydrogen-bond donors (Lipinski definition) is 0.